The zero-order chi connectivity index (χ0) is 26.6. The third-order valence-corrected chi connectivity index (χ3v) is 6.59. The maximum Gasteiger partial charge on any atom is 0.273 e. The van der Waals surface area contributed by atoms with Crippen LogP contribution in [0.1, 0.15) is 59.0 Å². The van der Waals surface area contributed by atoms with Crippen molar-refractivity contribution in [2.45, 2.75) is 38.8 Å². The standard InChI is InChI=1S/C25H28FN5O4S/c1-5-25(2,3)29-23(33)20(14-9-11-15(26)12-10-14)31(16-7-6-8-17(13-16)35-4)24(34)21-18(27)19(22(28)32)30-36-21/h6-13,20H,5,27H2,1-4H3,(H2,28,32)(H,29,33)/t20-/m1/s1. The summed E-state index contributed by atoms with van der Waals surface area (Å²) >= 11 is 0.700. The average Bonchev–Trinajstić information content (AvgIpc) is 3.24. The van der Waals surface area contributed by atoms with Crippen LogP contribution in [0, 0.1) is 5.82 Å². The number of nitrogens with one attached hydrogen (secondary N) is 1. The molecule has 5 N–H and O–H groups in total. The highest BCUT2D eigenvalue weighted by molar-refractivity contribution is 7.09. The van der Waals surface area contributed by atoms with E-state index in [4.69, 9.17) is 16.2 Å². The highest BCUT2D eigenvalue weighted by Gasteiger charge is 2.37. The van der Waals surface area contributed by atoms with E-state index >= 15 is 0 Å². The van der Waals surface area contributed by atoms with E-state index in [1.165, 1.54) is 36.3 Å². The van der Waals surface area contributed by atoms with E-state index in [0.717, 1.165) is 0 Å². The van der Waals surface area contributed by atoms with E-state index in [2.05, 4.69) is 9.69 Å². The van der Waals surface area contributed by atoms with E-state index in [-0.39, 0.29) is 16.3 Å². The Morgan fingerprint density at radius 2 is 1.86 bits per heavy atom. The molecule has 0 unspecified atom stereocenters. The average molecular weight is 514 g/mol. The second-order valence-corrected chi connectivity index (χ2v) is 9.47. The number of ether oxygens (including phenoxy) is 1. The highest BCUT2D eigenvalue weighted by atomic mass is 32.1. The Hall–Kier alpha value is -3.99. The number of methoxy groups -OCH3 is 1. The van der Waals surface area contributed by atoms with Crippen molar-refractivity contribution in [3.05, 3.63) is 70.5 Å². The molecule has 0 aliphatic heterocycles. The van der Waals surface area contributed by atoms with Gasteiger partial charge in [0.25, 0.3) is 11.8 Å². The number of carbonyl (C=O) groups excluding carboxylic acids is 3. The van der Waals surface area contributed by atoms with Crippen LogP contribution < -0.4 is 26.4 Å². The summed E-state index contributed by atoms with van der Waals surface area (Å²) in [7, 11) is 1.47. The van der Waals surface area contributed by atoms with Gasteiger partial charge in [-0.1, -0.05) is 25.1 Å². The smallest absolute Gasteiger partial charge is 0.273 e. The molecule has 0 aliphatic rings. The molecule has 3 rings (SSSR count). The first-order chi connectivity index (χ1) is 17.0. The molecule has 190 valence electrons. The number of anilines is 2. The number of halogens is 1. The monoisotopic (exact) mass is 513 g/mol. The van der Waals surface area contributed by atoms with Gasteiger partial charge in [-0.15, -0.1) is 0 Å². The van der Waals surface area contributed by atoms with Crippen molar-refractivity contribution in [1.29, 1.82) is 0 Å². The summed E-state index contributed by atoms with van der Waals surface area (Å²) in [4.78, 5) is 40.6. The molecule has 1 atom stereocenters. The van der Waals surface area contributed by atoms with Gasteiger partial charge in [0.15, 0.2) is 5.69 Å². The van der Waals surface area contributed by atoms with Crippen LogP contribution in [0.3, 0.4) is 0 Å². The molecule has 1 aromatic heterocycles. The molecule has 9 nitrogen and oxygen atoms in total. The second kappa shape index (κ2) is 10.7. The molecule has 0 saturated carbocycles. The van der Waals surface area contributed by atoms with Crippen molar-refractivity contribution >= 4 is 40.6 Å². The zero-order valence-electron chi connectivity index (χ0n) is 20.4. The Bertz CT molecular complexity index is 1280. The Balaban J connectivity index is 2.25. The summed E-state index contributed by atoms with van der Waals surface area (Å²) in [5.74, 6) is -2.13. The number of primary amides is 1. The van der Waals surface area contributed by atoms with E-state index in [9.17, 15) is 18.8 Å². The number of hydrogen-bond donors (Lipinski definition) is 3. The summed E-state index contributed by atoms with van der Waals surface area (Å²) in [6.45, 7) is 5.62. The van der Waals surface area contributed by atoms with Crippen molar-refractivity contribution < 1.29 is 23.5 Å². The summed E-state index contributed by atoms with van der Waals surface area (Å²) in [6.07, 6.45) is 0.617. The number of benzene rings is 2. The lowest BCUT2D eigenvalue weighted by molar-refractivity contribution is -0.124. The molecular formula is C25H28FN5O4S. The van der Waals surface area contributed by atoms with Crippen molar-refractivity contribution in [2.24, 2.45) is 5.73 Å². The second-order valence-electron chi connectivity index (χ2n) is 8.70. The van der Waals surface area contributed by atoms with Gasteiger partial charge in [-0.25, -0.2) is 4.39 Å². The van der Waals surface area contributed by atoms with Crippen molar-refractivity contribution in [3.8, 4) is 5.75 Å². The molecule has 0 radical (unpaired) electrons. The van der Waals surface area contributed by atoms with Gasteiger partial charge < -0.3 is 21.5 Å². The zero-order valence-corrected chi connectivity index (χ0v) is 21.2. The van der Waals surface area contributed by atoms with Gasteiger partial charge in [0.05, 0.1) is 12.8 Å². The van der Waals surface area contributed by atoms with E-state index in [0.29, 0.717) is 35.0 Å². The van der Waals surface area contributed by atoms with Gasteiger partial charge in [0.1, 0.15) is 22.5 Å². The maximum atomic E-state index is 14.0. The Morgan fingerprint density at radius 1 is 1.19 bits per heavy atom. The van der Waals surface area contributed by atoms with Crippen molar-refractivity contribution in [1.82, 2.24) is 9.69 Å². The fourth-order valence-electron chi connectivity index (χ4n) is 3.44. The van der Waals surface area contributed by atoms with Crippen LogP contribution >= 0.6 is 11.5 Å². The number of aromatic nitrogens is 1. The van der Waals surface area contributed by atoms with Gasteiger partial charge in [-0.3, -0.25) is 19.3 Å². The number of rotatable bonds is 9. The fraction of sp³-hybridized carbons (Fsp3) is 0.280. The number of amides is 3. The van der Waals surface area contributed by atoms with Crippen LogP contribution in [0.25, 0.3) is 0 Å². The molecular weight excluding hydrogens is 485 g/mol. The number of carbonyl (C=O) groups is 3. The SMILES string of the molecule is CCC(C)(C)NC(=O)[C@@H](c1ccc(F)cc1)N(C(=O)c1snc(C(N)=O)c1N)c1cccc(OC)c1. The van der Waals surface area contributed by atoms with Gasteiger partial charge >= 0.3 is 0 Å². The van der Waals surface area contributed by atoms with Crippen LogP contribution in [-0.4, -0.2) is 34.7 Å². The van der Waals surface area contributed by atoms with Crippen molar-refractivity contribution in [3.63, 3.8) is 0 Å². The predicted molar refractivity (Wildman–Crippen MR) is 137 cm³/mol. The molecule has 3 amide bonds. The maximum absolute atomic E-state index is 14.0. The molecule has 0 bridgehead atoms. The molecule has 11 heteroatoms. The molecule has 0 saturated heterocycles. The molecule has 0 aliphatic carbocycles. The van der Waals surface area contributed by atoms with Crippen molar-refractivity contribution in [2.75, 3.05) is 17.7 Å². The van der Waals surface area contributed by atoms with Crippen LogP contribution in [-0.2, 0) is 4.79 Å². The molecule has 3 aromatic rings. The molecule has 0 fully saturated rings. The Labute approximate surface area is 212 Å². The summed E-state index contributed by atoms with van der Waals surface area (Å²) in [6, 6.07) is 10.6. The van der Waals surface area contributed by atoms with E-state index in [1.54, 1.807) is 24.3 Å². The first-order valence-corrected chi connectivity index (χ1v) is 11.9. The first kappa shape index (κ1) is 26.6. The minimum atomic E-state index is -1.23. The lowest BCUT2D eigenvalue weighted by Gasteiger charge is -2.34. The topological polar surface area (TPSA) is 141 Å². The highest BCUT2D eigenvalue weighted by Crippen LogP contribution is 2.35. The quantitative estimate of drug-likeness (QED) is 0.399. The van der Waals surface area contributed by atoms with E-state index in [1.807, 2.05) is 20.8 Å². The van der Waals surface area contributed by atoms with Crippen LogP contribution in [0.2, 0.25) is 0 Å². The number of hydrogen-bond acceptors (Lipinski definition) is 7. The molecule has 2 aromatic carbocycles. The van der Waals surface area contributed by atoms with Gasteiger partial charge in [-0.05, 0) is 61.6 Å². The summed E-state index contributed by atoms with van der Waals surface area (Å²) < 4.78 is 23.0. The fourth-order valence-corrected chi connectivity index (χ4v) is 4.18. The lowest BCUT2D eigenvalue weighted by Crippen LogP contribution is -2.50. The Morgan fingerprint density at radius 3 is 2.42 bits per heavy atom. The number of nitrogens with zero attached hydrogens (tertiary/aromatic N) is 2. The van der Waals surface area contributed by atoms with Gasteiger partial charge in [0.2, 0.25) is 5.91 Å². The molecule has 36 heavy (non-hydrogen) atoms. The van der Waals surface area contributed by atoms with Crippen LogP contribution in [0.5, 0.6) is 5.75 Å². The van der Waals surface area contributed by atoms with Crippen LogP contribution in [0.15, 0.2) is 48.5 Å². The third kappa shape index (κ3) is 5.62. The molecule has 0 spiro atoms. The largest absolute Gasteiger partial charge is 0.497 e. The summed E-state index contributed by atoms with van der Waals surface area (Å²) in [5, 5.41) is 2.97. The first-order valence-electron chi connectivity index (χ1n) is 11.1. The minimum absolute atomic E-state index is 0.0683. The third-order valence-electron chi connectivity index (χ3n) is 5.74. The van der Waals surface area contributed by atoms with Crippen LogP contribution in [0.4, 0.5) is 15.8 Å². The number of nitrogen functional groups attached to an aromatic ring is 1. The predicted octanol–water partition coefficient (Wildman–Crippen LogP) is 3.66. The lowest BCUT2D eigenvalue weighted by atomic mass is 9.98. The minimum Gasteiger partial charge on any atom is -0.497 e. The van der Waals surface area contributed by atoms with Gasteiger partial charge in [0, 0.05) is 17.3 Å². The summed E-state index contributed by atoms with van der Waals surface area (Å²) in [5.41, 5.74) is 11.1. The van der Waals surface area contributed by atoms with E-state index < -0.39 is 35.1 Å². The number of nitrogens with two attached hydrogens (primary N) is 2. The Kier molecular flexibility index (Phi) is 7.93. The molecule has 1 heterocycles. The normalized spacial score (nSPS) is 12.0. The van der Waals surface area contributed by atoms with Gasteiger partial charge in [-0.2, -0.15) is 4.37 Å².